The predicted molar refractivity (Wildman–Crippen MR) is 82.5 cm³/mol. The van der Waals surface area contributed by atoms with Crippen LogP contribution < -0.4 is 5.73 Å². The molecular weight excluding hydrogens is 348 g/mol. The Labute approximate surface area is 127 Å². The van der Waals surface area contributed by atoms with Gasteiger partial charge in [0.15, 0.2) is 0 Å². The van der Waals surface area contributed by atoms with E-state index in [1.165, 1.54) is 4.31 Å². The molecule has 0 saturated heterocycles. The number of halogens is 1. The second kappa shape index (κ2) is 5.87. The van der Waals surface area contributed by atoms with Crippen molar-refractivity contribution in [3.8, 4) is 0 Å². The van der Waals surface area contributed by atoms with E-state index < -0.39 is 10.0 Å². The molecule has 0 aromatic heterocycles. The van der Waals surface area contributed by atoms with Crippen LogP contribution in [0.15, 0.2) is 33.6 Å². The van der Waals surface area contributed by atoms with Crippen LogP contribution >= 0.6 is 28.1 Å². The fraction of sp³-hybridized carbons (Fsp3) is 0.417. The summed E-state index contributed by atoms with van der Waals surface area (Å²) in [7, 11) is -3.49. The largest absolute Gasteiger partial charge is 0.393 e. The standard InChI is InChI=1S/C12H15BrN2O2S2/c13-10-3-1-2-4-11(10)19(16,17)15(9-5-6-9)8-7-12(14)18/h1-4,9H,5-8H2,(H2,14,18). The van der Waals surface area contributed by atoms with E-state index >= 15 is 0 Å². The van der Waals surface area contributed by atoms with Crippen LogP contribution in [0.4, 0.5) is 0 Å². The van der Waals surface area contributed by atoms with Crippen LogP contribution in [0.25, 0.3) is 0 Å². The Morgan fingerprint density at radius 1 is 1.42 bits per heavy atom. The van der Waals surface area contributed by atoms with E-state index in [2.05, 4.69) is 15.9 Å². The van der Waals surface area contributed by atoms with Gasteiger partial charge in [0.1, 0.15) is 0 Å². The fourth-order valence-corrected chi connectivity index (χ4v) is 4.60. The molecule has 0 radical (unpaired) electrons. The fourth-order valence-electron chi connectivity index (χ4n) is 1.86. The van der Waals surface area contributed by atoms with Crippen molar-refractivity contribution in [2.75, 3.05) is 6.54 Å². The number of hydrogen-bond donors (Lipinski definition) is 1. The summed E-state index contributed by atoms with van der Waals surface area (Å²) in [6.07, 6.45) is 2.22. The van der Waals surface area contributed by atoms with E-state index in [0.717, 1.165) is 12.8 Å². The van der Waals surface area contributed by atoms with Gasteiger partial charge in [-0.15, -0.1) is 0 Å². The summed E-state index contributed by atoms with van der Waals surface area (Å²) in [5.41, 5.74) is 5.47. The highest BCUT2D eigenvalue weighted by Gasteiger charge is 2.38. The number of hydrogen-bond acceptors (Lipinski definition) is 3. The van der Waals surface area contributed by atoms with E-state index in [1.807, 2.05) is 0 Å². The van der Waals surface area contributed by atoms with Gasteiger partial charge in [0.25, 0.3) is 0 Å². The highest BCUT2D eigenvalue weighted by Crippen LogP contribution is 2.34. The Kier molecular flexibility index (Phi) is 4.60. The lowest BCUT2D eigenvalue weighted by Gasteiger charge is -2.22. The predicted octanol–water partition coefficient (Wildman–Crippen LogP) is 2.28. The molecule has 2 rings (SSSR count). The molecule has 0 unspecified atom stereocenters. The Morgan fingerprint density at radius 2 is 2.05 bits per heavy atom. The summed E-state index contributed by atoms with van der Waals surface area (Å²) >= 11 is 8.13. The van der Waals surface area contributed by atoms with Crippen molar-refractivity contribution in [1.82, 2.24) is 4.31 Å². The van der Waals surface area contributed by atoms with Crippen molar-refractivity contribution in [3.63, 3.8) is 0 Å². The van der Waals surface area contributed by atoms with Crippen molar-refractivity contribution >= 4 is 43.2 Å². The molecule has 2 N–H and O–H groups in total. The van der Waals surface area contributed by atoms with Gasteiger partial charge >= 0.3 is 0 Å². The number of thiocarbonyl (C=S) groups is 1. The van der Waals surface area contributed by atoms with Gasteiger partial charge in [-0.3, -0.25) is 0 Å². The highest BCUT2D eigenvalue weighted by atomic mass is 79.9. The lowest BCUT2D eigenvalue weighted by molar-refractivity contribution is 0.413. The average Bonchev–Trinajstić information content (AvgIpc) is 3.13. The molecule has 7 heteroatoms. The van der Waals surface area contributed by atoms with E-state index in [9.17, 15) is 8.42 Å². The summed E-state index contributed by atoms with van der Waals surface area (Å²) in [6.45, 7) is 0.351. The van der Waals surface area contributed by atoms with Gasteiger partial charge in [0.2, 0.25) is 10.0 Å². The highest BCUT2D eigenvalue weighted by molar-refractivity contribution is 9.10. The molecule has 0 amide bonds. The summed E-state index contributed by atoms with van der Waals surface area (Å²) in [5.74, 6) is 0. The quantitative estimate of drug-likeness (QED) is 0.788. The van der Waals surface area contributed by atoms with Crippen LogP contribution in [0.2, 0.25) is 0 Å². The van der Waals surface area contributed by atoms with E-state index in [0.29, 0.717) is 27.3 Å². The molecule has 19 heavy (non-hydrogen) atoms. The normalized spacial score (nSPS) is 15.7. The van der Waals surface area contributed by atoms with E-state index in [1.54, 1.807) is 24.3 Å². The molecule has 1 fully saturated rings. The van der Waals surface area contributed by atoms with Crippen molar-refractivity contribution in [3.05, 3.63) is 28.7 Å². The molecule has 1 aromatic rings. The second-order valence-electron chi connectivity index (χ2n) is 4.49. The summed E-state index contributed by atoms with van der Waals surface area (Å²) in [4.78, 5) is 0.637. The topological polar surface area (TPSA) is 63.4 Å². The number of benzene rings is 1. The summed E-state index contributed by atoms with van der Waals surface area (Å²) in [6, 6.07) is 6.93. The Morgan fingerprint density at radius 3 is 2.58 bits per heavy atom. The van der Waals surface area contributed by atoms with E-state index in [4.69, 9.17) is 18.0 Å². The molecule has 0 aliphatic heterocycles. The first-order valence-corrected chi connectivity index (χ1v) is 8.61. The van der Waals surface area contributed by atoms with Crippen LogP contribution in [0.3, 0.4) is 0 Å². The van der Waals surface area contributed by atoms with Crippen molar-refractivity contribution in [2.24, 2.45) is 5.73 Å². The molecule has 0 bridgehead atoms. The summed E-state index contributed by atoms with van der Waals surface area (Å²) in [5, 5.41) is 0. The SMILES string of the molecule is NC(=S)CCN(C1CC1)S(=O)(=O)c1ccccc1Br. The van der Waals surface area contributed by atoms with Crippen molar-refractivity contribution in [2.45, 2.75) is 30.2 Å². The molecule has 0 spiro atoms. The molecule has 1 saturated carbocycles. The minimum atomic E-state index is -3.49. The van der Waals surface area contributed by atoms with Crippen molar-refractivity contribution in [1.29, 1.82) is 0 Å². The molecule has 1 aliphatic carbocycles. The Balaban J connectivity index is 2.29. The Hall–Kier alpha value is -0.500. The first kappa shape index (κ1) is 14.9. The zero-order valence-corrected chi connectivity index (χ0v) is 13.5. The molecule has 1 aliphatic rings. The third kappa shape index (κ3) is 3.53. The molecule has 104 valence electrons. The van der Waals surface area contributed by atoms with Crippen LogP contribution in [0, 0.1) is 0 Å². The third-order valence-electron chi connectivity index (χ3n) is 2.96. The Bertz CT molecular complexity index is 585. The maximum atomic E-state index is 12.7. The third-order valence-corrected chi connectivity index (χ3v) is 6.12. The zero-order chi connectivity index (χ0) is 14.0. The monoisotopic (exact) mass is 362 g/mol. The van der Waals surface area contributed by atoms with Gasteiger partial charge in [0, 0.05) is 23.5 Å². The smallest absolute Gasteiger partial charge is 0.244 e. The van der Waals surface area contributed by atoms with Crippen LogP contribution in [-0.2, 0) is 10.0 Å². The van der Waals surface area contributed by atoms with Gasteiger partial charge in [-0.05, 0) is 40.9 Å². The minimum Gasteiger partial charge on any atom is -0.393 e. The van der Waals surface area contributed by atoms with Crippen LogP contribution in [0.5, 0.6) is 0 Å². The lowest BCUT2D eigenvalue weighted by Crippen LogP contribution is -2.35. The molecular formula is C12H15BrN2O2S2. The van der Waals surface area contributed by atoms with Gasteiger partial charge in [-0.25, -0.2) is 8.42 Å². The molecule has 0 atom stereocenters. The van der Waals surface area contributed by atoms with Gasteiger partial charge < -0.3 is 5.73 Å². The number of rotatable bonds is 6. The molecule has 0 heterocycles. The maximum absolute atomic E-state index is 12.7. The average molecular weight is 363 g/mol. The number of sulfonamides is 1. The lowest BCUT2D eigenvalue weighted by atomic mass is 10.4. The zero-order valence-electron chi connectivity index (χ0n) is 10.3. The van der Waals surface area contributed by atoms with Gasteiger partial charge in [-0.2, -0.15) is 4.31 Å². The molecule has 1 aromatic carbocycles. The van der Waals surface area contributed by atoms with Crippen LogP contribution in [0.1, 0.15) is 19.3 Å². The van der Waals surface area contributed by atoms with Crippen molar-refractivity contribution < 1.29 is 8.42 Å². The second-order valence-corrected chi connectivity index (χ2v) is 7.73. The summed E-state index contributed by atoms with van der Waals surface area (Å²) < 4.78 is 27.4. The van der Waals surface area contributed by atoms with E-state index in [-0.39, 0.29) is 6.04 Å². The first-order chi connectivity index (χ1) is 8.93. The van der Waals surface area contributed by atoms with Gasteiger partial charge in [-0.1, -0.05) is 24.4 Å². The minimum absolute atomic E-state index is 0.0893. The van der Waals surface area contributed by atoms with Crippen LogP contribution in [-0.4, -0.2) is 30.3 Å². The first-order valence-electron chi connectivity index (χ1n) is 5.97. The number of nitrogens with zero attached hydrogens (tertiary/aromatic N) is 1. The number of nitrogens with two attached hydrogens (primary N) is 1. The maximum Gasteiger partial charge on any atom is 0.244 e. The van der Waals surface area contributed by atoms with Gasteiger partial charge in [0.05, 0.1) is 9.88 Å². The molecule has 4 nitrogen and oxygen atoms in total.